The van der Waals surface area contributed by atoms with E-state index in [1.165, 1.54) is 0 Å². The van der Waals surface area contributed by atoms with Crippen molar-refractivity contribution in [1.29, 1.82) is 0 Å². The molecule has 1 atom stereocenters. The standard InChI is InChI=1S/C26H37N5O3/c1-3-30(4-2)26(33)20-8-7-12-31(19-20)24-18-22(21-9-5-6-10-23(21)28-24)25(32)27-11-13-29-14-16-34-17-15-29/h5-6,9-10,18,20H,3-4,7-8,11-17,19H2,1-2H3,(H,27,32). The molecule has 1 unspecified atom stereocenters. The molecule has 2 saturated heterocycles. The zero-order valence-electron chi connectivity index (χ0n) is 20.5. The SMILES string of the molecule is CCN(CC)C(=O)C1CCCN(c2cc(C(=O)NCCN3CCOCC3)c3ccccc3n2)C1. The van der Waals surface area contributed by atoms with E-state index >= 15 is 0 Å². The number of carbonyl (C=O) groups is 2. The molecule has 0 radical (unpaired) electrons. The molecule has 0 bridgehead atoms. The minimum absolute atomic E-state index is 0.0345. The average Bonchev–Trinajstić information content (AvgIpc) is 2.89. The van der Waals surface area contributed by atoms with Crippen LogP contribution in [0.25, 0.3) is 10.9 Å². The van der Waals surface area contributed by atoms with E-state index in [9.17, 15) is 9.59 Å². The van der Waals surface area contributed by atoms with Crippen LogP contribution in [0.4, 0.5) is 5.82 Å². The lowest BCUT2D eigenvalue weighted by Gasteiger charge is -2.35. The van der Waals surface area contributed by atoms with E-state index in [4.69, 9.17) is 9.72 Å². The van der Waals surface area contributed by atoms with Crippen LogP contribution < -0.4 is 10.2 Å². The van der Waals surface area contributed by atoms with Gasteiger partial charge in [0.1, 0.15) is 5.82 Å². The van der Waals surface area contributed by atoms with Crippen LogP contribution in [0.15, 0.2) is 30.3 Å². The highest BCUT2D eigenvalue weighted by molar-refractivity contribution is 6.07. The van der Waals surface area contributed by atoms with E-state index in [-0.39, 0.29) is 17.7 Å². The fourth-order valence-electron chi connectivity index (χ4n) is 4.94. The van der Waals surface area contributed by atoms with Crippen molar-refractivity contribution in [3.8, 4) is 0 Å². The van der Waals surface area contributed by atoms with Gasteiger partial charge in [-0.25, -0.2) is 4.98 Å². The Balaban J connectivity index is 1.51. The predicted octanol–water partition coefficient (Wildman–Crippen LogP) is 2.38. The van der Waals surface area contributed by atoms with Crippen LogP contribution in [0.1, 0.15) is 37.0 Å². The molecule has 8 nitrogen and oxygen atoms in total. The van der Waals surface area contributed by atoms with Gasteiger partial charge in [-0.15, -0.1) is 0 Å². The first-order chi connectivity index (χ1) is 16.6. The second-order valence-electron chi connectivity index (χ2n) is 9.05. The van der Waals surface area contributed by atoms with E-state index in [0.29, 0.717) is 18.7 Å². The first kappa shape index (κ1) is 24.4. The molecule has 2 amide bonds. The van der Waals surface area contributed by atoms with Crippen molar-refractivity contribution in [1.82, 2.24) is 20.1 Å². The van der Waals surface area contributed by atoms with Crippen LogP contribution in [0.5, 0.6) is 0 Å². The highest BCUT2D eigenvalue weighted by Gasteiger charge is 2.29. The summed E-state index contributed by atoms with van der Waals surface area (Å²) in [4.78, 5) is 37.5. The number of hydrogen-bond donors (Lipinski definition) is 1. The van der Waals surface area contributed by atoms with Gasteiger partial charge in [-0.05, 0) is 38.8 Å². The Morgan fingerprint density at radius 1 is 1.15 bits per heavy atom. The molecular formula is C26H37N5O3. The number of anilines is 1. The van der Waals surface area contributed by atoms with E-state index in [0.717, 1.165) is 82.0 Å². The minimum atomic E-state index is -0.0825. The van der Waals surface area contributed by atoms with Crippen LogP contribution in [-0.4, -0.2) is 92.2 Å². The highest BCUT2D eigenvalue weighted by atomic mass is 16.5. The molecule has 2 aromatic rings. The molecule has 3 heterocycles. The van der Waals surface area contributed by atoms with Crippen molar-refractivity contribution in [2.24, 2.45) is 5.92 Å². The van der Waals surface area contributed by atoms with Crippen molar-refractivity contribution >= 4 is 28.5 Å². The normalized spacial score (nSPS) is 19.2. The van der Waals surface area contributed by atoms with Crippen LogP contribution in [0, 0.1) is 5.92 Å². The van der Waals surface area contributed by atoms with Gasteiger partial charge >= 0.3 is 0 Å². The second kappa shape index (κ2) is 11.6. The molecule has 1 N–H and O–H groups in total. The quantitative estimate of drug-likeness (QED) is 0.642. The number of aromatic nitrogens is 1. The third-order valence-corrected chi connectivity index (χ3v) is 6.93. The van der Waals surface area contributed by atoms with Gasteiger partial charge in [0.2, 0.25) is 5.91 Å². The van der Waals surface area contributed by atoms with Gasteiger partial charge in [0, 0.05) is 57.7 Å². The van der Waals surface area contributed by atoms with Crippen molar-refractivity contribution in [3.63, 3.8) is 0 Å². The van der Waals surface area contributed by atoms with Gasteiger partial charge in [0.15, 0.2) is 0 Å². The summed E-state index contributed by atoms with van der Waals surface area (Å²) >= 11 is 0. The molecule has 4 rings (SSSR count). The first-order valence-corrected chi connectivity index (χ1v) is 12.6. The lowest BCUT2D eigenvalue weighted by Crippen LogP contribution is -2.45. The Labute approximate surface area is 202 Å². The van der Waals surface area contributed by atoms with E-state index in [1.807, 2.05) is 49.1 Å². The number of hydrogen-bond acceptors (Lipinski definition) is 6. The number of ether oxygens (including phenoxy) is 1. The Hall–Kier alpha value is -2.71. The number of carbonyl (C=O) groups excluding carboxylic acids is 2. The van der Waals surface area contributed by atoms with Gasteiger partial charge < -0.3 is 19.9 Å². The van der Waals surface area contributed by atoms with Crippen LogP contribution in [0.2, 0.25) is 0 Å². The number of nitrogens with one attached hydrogen (secondary N) is 1. The molecule has 0 aliphatic carbocycles. The molecule has 2 aliphatic rings. The Morgan fingerprint density at radius 2 is 1.91 bits per heavy atom. The number of para-hydroxylation sites is 1. The largest absolute Gasteiger partial charge is 0.379 e. The summed E-state index contributed by atoms with van der Waals surface area (Å²) < 4.78 is 5.40. The minimum Gasteiger partial charge on any atom is -0.379 e. The van der Waals surface area contributed by atoms with Gasteiger partial charge in [-0.2, -0.15) is 0 Å². The van der Waals surface area contributed by atoms with E-state index in [2.05, 4.69) is 15.1 Å². The number of amides is 2. The maximum atomic E-state index is 13.2. The average molecular weight is 468 g/mol. The fraction of sp³-hybridized carbons (Fsp3) is 0.577. The van der Waals surface area contributed by atoms with Gasteiger partial charge in [0.25, 0.3) is 5.91 Å². The molecule has 2 fully saturated rings. The smallest absolute Gasteiger partial charge is 0.252 e. The number of nitrogens with zero attached hydrogens (tertiary/aromatic N) is 4. The van der Waals surface area contributed by atoms with Crippen LogP contribution >= 0.6 is 0 Å². The first-order valence-electron chi connectivity index (χ1n) is 12.6. The molecule has 1 aromatic carbocycles. The summed E-state index contributed by atoms with van der Waals surface area (Å²) in [5.74, 6) is 0.874. The van der Waals surface area contributed by atoms with Crippen molar-refractivity contribution in [2.45, 2.75) is 26.7 Å². The molecule has 0 spiro atoms. The van der Waals surface area contributed by atoms with Crippen molar-refractivity contribution < 1.29 is 14.3 Å². The second-order valence-corrected chi connectivity index (χ2v) is 9.05. The lowest BCUT2D eigenvalue weighted by atomic mass is 9.96. The van der Waals surface area contributed by atoms with Crippen LogP contribution in [-0.2, 0) is 9.53 Å². The number of piperidine rings is 1. The molecule has 184 valence electrons. The highest BCUT2D eigenvalue weighted by Crippen LogP contribution is 2.27. The molecular weight excluding hydrogens is 430 g/mol. The summed E-state index contributed by atoms with van der Waals surface area (Å²) in [6.45, 7) is 11.7. The van der Waals surface area contributed by atoms with Gasteiger partial charge in [-0.3, -0.25) is 14.5 Å². The number of fused-ring (bicyclic) bond motifs is 1. The molecule has 34 heavy (non-hydrogen) atoms. The zero-order valence-corrected chi connectivity index (χ0v) is 20.5. The maximum absolute atomic E-state index is 13.2. The van der Waals surface area contributed by atoms with Crippen molar-refractivity contribution in [2.75, 3.05) is 70.5 Å². The Morgan fingerprint density at radius 3 is 2.68 bits per heavy atom. The summed E-state index contributed by atoms with van der Waals surface area (Å²) in [7, 11) is 0. The molecule has 8 heteroatoms. The topological polar surface area (TPSA) is 78.0 Å². The fourth-order valence-corrected chi connectivity index (χ4v) is 4.94. The molecule has 1 aromatic heterocycles. The van der Waals surface area contributed by atoms with E-state index in [1.54, 1.807) is 0 Å². The van der Waals surface area contributed by atoms with Gasteiger partial charge in [-0.1, -0.05) is 18.2 Å². The summed E-state index contributed by atoms with van der Waals surface area (Å²) in [6, 6.07) is 9.68. The summed E-state index contributed by atoms with van der Waals surface area (Å²) in [6.07, 6.45) is 1.83. The monoisotopic (exact) mass is 467 g/mol. The summed E-state index contributed by atoms with van der Waals surface area (Å²) in [5.41, 5.74) is 1.44. The predicted molar refractivity (Wildman–Crippen MR) is 134 cm³/mol. The van der Waals surface area contributed by atoms with Crippen molar-refractivity contribution in [3.05, 3.63) is 35.9 Å². The lowest BCUT2D eigenvalue weighted by molar-refractivity contribution is -0.135. The summed E-state index contributed by atoms with van der Waals surface area (Å²) in [5, 5.41) is 3.95. The Bertz CT molecular complexity index is 988. The molecule has 2 aliphatic heterocycles. The number of pyridine rings is 1. The molecule has 0 saturated carbocycles. The zero-order chi connectivity index (χ0) is 23.9. The van der Waals surface area contributed by atoms with Gasteiger partial charge in [0.05, 0.1) is 30.2 Å². The van der Waals surface area contributed by atoms with E-state index < -0.39 is 0 Å². The van der Waals surface area contributed by atoms with Crippen LogP contribution in [0.3, 0.4) is 0 Å². The number of morpholine rings is 1. The third kappa shape index (κ3) is 5.67. The third-order valence-electron chi connectivity index (χ3n) is 6.93. The Kier molecular flexibility index (Phi) is 8.34. The number of rotatable bonds is 8. The number of benzene rings is 1. The maximum Gasteiger partial charge on any atom is 0.252 e.